The van der Waals surface area contributed by atoms with Crippen molar-refractivity contribution in [2.45, 2.75) is 117 Å². The molecule has 1 saturated carbocycles. The SMILES string of the molecule is CCCCCCCc1ccc(-c2ccc(OCC3CCC(CCCCCCC)CC3)cc2)nc1. The van der Waals surface area contributed by atoms with Crippen molar-refractivity contribution in [3.8, 4) is 17.0 Å². The second-order valence-corrected chi connectivity index (χ2v) is 10.6. The molecule has 1 aromatic carbocycles. The number of rotatable bonds is 16. The van der Waals surface area contributed by atoms with Gasteiger partial charge in [0, 0.05) is 11.8 Å². The van der Waals surface area contributed by atoms with Crippen LogP contribution in [-0.4, -0.2) is 11.6 Å². The van der Waals surface area contributed by atoms with E-state index in [0.717, 1.165) is 36.3 Å². The van der Waals surface area contributed by atoms with Gasteiger partial charge in [0.1, 0.15) is 5.75 Å². The molecule has 3 rings (SSSR count). The van der Waals surface area contributed by atoms with Crippen LogP contribution in [0.5, 0.6) is 5.75 Å². The predicted octanol–water partition coefficient (Wildman–Crippen LogP) is 9.81. The standard InChI is InChI=1S/C32H49NO/c1-3-5-7-9-11-13-27-15-17-29(18-16-27)26-34-31-22-20-30(21-23-31)32-24-19-28(25-33-32)14-12-10-8-6-4-2/h19-25,27,29H,3-18,26H2,1-2H3. The molecular formula is C32H49NO. The first-order valence-electron chi connectivity index (χ1n) is 14.5. The lowest BCUT2D eigenvalue weighted by Gasteiger charge is -2.28. The second kappa shape index (κ2) is 16.0. The zero-order valence-corrected chi connectivity index (χ0v) is 22.1. The molecule has 0 saturated heterocycles. The van der Waals surface area contributed by atoms with E-state index in [9.17, 15) is 0 Å². The Morgan fingerprint density at radius 1 is 0.706 bits per heavy atom. The summed E-state index contributed by atoms with van der Waals surface area (Å²) >= 11 is 0. The number of pyridine rings is 1. The van der Waals surface area contributed by atoms with Gasteiger partial charge in [0.15, 0.2) is 0 Å². The number of nitrogens with zero attached hydrogens (tertiary/aromatic N) is 1. The van der Waals surface area contributed by atoms with Crippen molar-refractivity contribution >= 4 is 0 Å². The fourth-order valence-electron chi connectivity index (χ4n) is 5.34. The molecule has 0 aliphatic heterocycles. The first kappa shape index (κ1) is 26.8. The van der Waals surface area contributed by atoms with E-state index in [-0.39, 0.29) is 0 Å². The molecule has 0 atom stereocenters. The van der Waals surface area contributed by atoms with Gasteiger partial charge in [0.25, 0.3) is 0 Å². The molecule has 188 valence electrons. The number of ether oxygens (including phenoxy) is 1. The normalized spacial score (nSPS) is 18.2. The summed E-state index contributed by atoms with van der Waals surface area (Å²) in [5, 5.41) is 0. The lowest BCUT2D eigenvalue weighted by atomic mass is 9.80. The van der Waals surface area contributed by atoms with Crippen LogP contribution in [0, 0.1) is 11.8 Å². The third kappa shape index (κ3) is 9.80. The monoisotopic (exact) mass is 463 g/mol. The van der Waals surface area contributed by atoms with Crippen LogP contribution in [0.1, 0.15) is 116 Å². The number of benzene rings is 1. The smallest absolute Gasteiger partial charge is 0.119 e. The van der Waals surface area contributed by atoms with Crippen LogP contribution in [0.25, 0.3) is 11.3 Å². The average molecular weight is 464 g/mol. The quantitative estimate of drug-likeness (QED) is 0.231. The summed E-state index contributed by atoms with van der Waals surface area (Å²) in [5.41, 5.74) is 3.57. The lowest BCUT2D eigenvalue weighted by molar-refractivity contribution is 0.177. The van der Waals surface area contributed by atoms with Crippen LogP contribution in [0.2, 0.25) is 0 Å². The van der Waals surface area contributed by atoms with Gasteiger partial charge in [0.2, 0.25) is 0 Å². The van der Waals surface area contributed by atoms with E-state index in [2.05, 4.69) is 56.4 Å². The van der Waals surface area contributed by atoms with Gasteiger partial charge in [-0.3, -0.25) is 4.98 Å². The highest BCUT2D eigenvalue weighted by molar-refractivity contribution is 5.60. The summed E-state index contributed by atoms with van der Waals surface area (Å²) in [7, 11) is 0. The predicted molar refractivity (Wildman–Crippen MR) is 146 cm³/mol. The van der Waals surface area contributed by atoms with E-state index in [4.69, 9.17) is 9.72 Å². The van der Waals surface area contributed by atoms with Gasteiger partial charge in [0.05, 0.1) is 12.3 Å². The Morgan fingerprint density at radius 2 is 1.35 bits per heavy atom. The summed E-state index contributed by atoms with van der Waals surface area (Å²) in [6, 6.07) is 12.9. The van der Waals surface area contributed by atoms with Crippen molar-refractivity contribution < 1.29 is 4.74 Å². The Labute approximate surface area is 209 Å². The van der Waals surface area contributed by atoms with E-state index in [0.29, 0.717) is 0 Å². The summed E-state index contributed by atoms with van der Waals surface area (Å²) < 4.78 is 6.17. The van der Waals surface area contributed by atoms with Crippen LogP contribution in [0.3, 0.4) is 0 Å². The number of unbranched alkanes of at least 4 members (excludes halogenated alkanes) is 8. The van der Waals surface area contributed by atoms with E-state index in [1.165, 1.54) is 107 Å². The maximum absolute atomic E-state index is 6.17. The molecule has 34 heavy (non-hydrogen) atoms. The highest BCUT2D eigenvalue weighted by atomic mass is 16.5. The molecule has 0 bridgehead atoms. The summed E-state index contributed by atoms with van der Waals surface area (Å²) in [5.74, 6) is 2.69. The molecule has 1 aliphatic carbocycles. The van der Waals surface area contributed by atoms with Crippen LogP contribution in [0.15, 0.2) is 42.6 Å². The van der Waals surface area contributed by atoms with Crippen molar-refractivity contribution in [3.05, 3.63) is 48.2 Å². The van der Waals surface area contributed by atoms with Crippen LogP contribution in [0.4, 0.5) is 0 Å². The highest BCUT2D eigenvalue weighted by Crippen LogP contribution is 2.32. The largest absolute Gasteiger partial charge is 0.493 e. The van der Waals surface area contributed by atoms with E-state index >= 15 is 0 Å². The van der Waals surface area contributed by atoms with Crippen LogP contribution < -0.4 is 4.74 Å². The van der Waals surface area contributed by atoms with E-state index in [1.807, 2.05) is 0 Å². The molecule has 0 radical (unpaired) electrons. The number of aryl methyl sites for hydroxylation is 1. The van der Waals surface area contributed by atoms with Gasteiger partial charge in [-0.25, -0.2) is 0 Å². The second-order valence-electron chi connectivity index (χ2n) is 10.6. The highest BCUT2D eigenvalue weighted by Gasteiger charge is 2.21. The minimum Gasteiger partial charge on any atom is -0.493 e. The first-order valence-corrected chi connectivity index (χ1v) is 14.5. The fraction of sp³-hybridized carbons (Fsp3) is 0.656. The first-order chi connectivity index (χ1) is 16.8. The third-order valence-electron chi connectivity index (χ3n) is 7.71. The maximum atomic E-state index is 6.17. The average Bonchev–Trinajstić information content (AvgIpc) is 2.89. The lowest BCUT2D eigenvalue weighted by Crippen LogP contribution is -2.20. The van der Waals surface area contributed by atoms with Gasteiger partial charge in [-0.15, -0.1) is 0 Å². The van der Waals surface area contributed by atoms with Gasteiger partial charge in [-0.2, -0.15) is 0 Å². The molecule has 0 unspecified atom stereocenters. The zero-order chi connectivity index (χ0) is 23.8. The van der Waals surface area contributed by atoms with Crippen LogP contribution >= 0.6 is 0 Å². The van der Waals surface area contributed by atoms with Crippen LogP contribution in [-0.2, 0) is 6.42 Å². The number of aromatic nitrogens is 1. The van der Waals surface area contributed by atoms with Gasteiger partial charge >= 0.3 is 0 Å². The molecular weight excluding hydrogens is 414 g/mol. The Hall–Kier alpha value is -1.83. The summed E-state index contributed by atoms with van der Waals surface area (Å²) in [6.07, 6.45) is 23.8. The molecule has 2 nitrogen and oxygen atoms in total. The Kier molecular flexibility index (Phi) is 12.6. The molecule has 1 heterocycles. The van der Waals surface area contributed by atoms with Gasteiger partial charge < -0.3 is 4.74 Å². The molecule has 0 spiro atoms. The molecule has 0 N–H and O–H groups in total. The fourth-order valence-corrected chi connectivity index (χ4v) is 5.34. The summed E-state index contributed by atoms with van der Waals surface area (Å²) in [6.45, 7) is 5.43. The maximum Gasteiger partial charge on any atom is 0.119 e. The van der Waals surface area contributed by atoms with E-state index in [1.54, 1.807) is 0 Å². The topological polar surface area (TPSA) is 22.1 Å². The number of hydrogen-bond donors (Lipinski definition) is 0. The van der Waals surface area contributed by atoms with Crippen molar-refractivity contribution in [2.75, 3.05) is 6.61 Å². The Bertz CT molecular complexity index is 759. The van der Waals surface area contributed by atoms with Crippen molar-refractivity contribution in [1.29, 1.82) is 0 Å². The van der Waals surface area contributed by atoms with E-state index < -0.39 is 0 Å². The number of hydrogen-bond acceptors (Lipinski definition) is 2. The molecule has 1 aromatic heterocycles. The van der Waals surface area contributed by atoms with Crippen molar-refractivity contribution in [1.82, 2.24) is 4.98 Å². The summed E-state index contributed by atoms with van der Waals surface area (Å²) in [4.78, 5) is 4.72. The molecule has 2 heteroatoms. The van der Waals surface area contributed by atoms with Gasteiger partial charge in [-0.1, -0.05) is 97.0 Å². The van der Waals surface area contributed by atoms with Crippen molar-refractivity contribution in [2.24, 2.45) is 11.8 Å². The molecule has 1 aliphatic rings. The minimum absolute atomic E-state index is 0.729. The molecule has 2 aromatic rings. The van der Waals surface area contributed by atoms with Gasteiger partial charge in [-0.05, 0) is 73.4 Å². The minimum atomic E-state index is 0.729. The Morgan fingerprint density at radius 3 is 2.00 bits per heavy atom. The molecule has 0 amide bonds. The Balaban J connectivity index is 1.33. The van der Waals surface area contributed by atoms with Crippen molar-refractivity contribution in [3.63, 3.8) is 0 Å². The zero-order valence-electron chi connectivity index (χ0n) is 22.1. The third-order valence-corrected chi connectivity index (χ3v) is 7.71. The molecule has 1 fully saturated rings.